The Morgan fingerprint density at radius 2 is 1.52 bits per heavy atom. The molecule has 0 bridgehead atoms. The number of benzene rings is 3. The first-order chi connectivity index (χ1) is 13.2. The average Bonchev–Trinajstić information content (AvgIpc) is 2.71. The molecule has 3 rings (SSSR count). The normalized spacial score (nSPS) is 10.4. The molecular formula is C22H22N2O3. The highest BCUT2D eigenvalue weighted by molar-refractivity contribution is 5.91. The van der Waals surface area contributed by atoms with Crippen molar-refractivity contribution in [2.75, 3.05) is 13.7 Å². The van der Waals surface area contributed by atoms with E-state index in [1.165, 1.54) is 0 Å². The fraction of sp³-hybridized carbons (Fsp3) is 0.182. The molecule has 2 amide bonds. The fourth-order valence-corrected chi connectivity index (χ4v) is 2.97. The van der Waals surface area contributed by atoms with E-state index in [1.807, 2.05) is 66.7 Å². The second kappa shape index (κ2) is 8.85. The molecule has 0 saturated carbocycles. The van der Waals surface area contributed by atoms with Gasteiger partial charge in [-0.3, -0.25) is 9.59 Å². The Morgan fingerprint density at radius 3 is 2.37 bits per heavy atom. The molecular weight excluding hydrogens is 340 g/mol. The molecule has 0 aliphatic heterocycles. The fourth-order valence-electron chi connectivity index (χ4n) is 2.97. The van der Waals surface area contributed by atoms with Gasteiger partial charge in [0.1, 0.15) is 5.75 Å². The third-order valence-corrected chi connectivity index (χ3v) is 4.35. The number of carbonyl (C=O) groups excluding carboxylic acids is 2. The SMILES string of the molecule is COc1ccccc1CNC(=O)CNC(=O)Cc1cccc2ccccc12. The van der Waals surface area contributed by atoms with E-state index in [-0.39, 0.29) is 24.8 Å². The van der Waals surface area contributed by atoms with Gasteiger partial charge in [-0.1, -0.05) is 60.7 Å². The standard InChI is InChI=1S/C22H22N2O3/c1-27-20-12-5-3-8-18(20)14-23-22(26)15-24-21(25)13-17-10-6-9-16-7-2-4-11-19(16)17/h2-12H,13-15H2,1H3,(H,23,26)(H,24,25). The second-order valence-corrected chi connectivity index (χ2v) is 6.18. The predicted octanol–water partition coefficient (Wildman–Crippen LogP) is 2.82. The van der Waals surface area contributed by atoms with Gasteiger partial charge < -0.3 is 15.4 Å². The van der Waals surface area contributed by atoms with Crippen LogP contribution < -0.4 is 15.4 Å². The summed E-state index contributed by atoms with van der Waals surface area (Å²) < 4.78 is 5.26. The number of amides is 2. The highest BCUT2D eigenvalue weighted by atomic mass is 16.5. The first kappa shape index (κ1) is 18.5. The number of nitrogens with one attached hydrogen (secondary N) is 2. The maximum Gasteiger partial charge on any atom is 0.239 e. The lowest BCUT2D eigenvalue weighted by molar-refractivity contribution is -0.125. The zero-order valence-corrected chi connectivity index (χ0v) is 15.2. The van der Waals surface area contributed by atoms with E-state index in [0.717, 1.165) is 27.6 Å². The molecule has 0 fully saturated rings. The van der Waals surface area contributed by atoms with Crippen LogP contribution in [-0.2, 0) is 22.6 Å². The molecule has 3 aromatic rings. The van der Waals surface area contributed by atoms with Crippen LogP contribution in [-0.4, -0.2) is 25.5 Å². The Labute approximate surface area is 158 Å². The highest BCUT2D eigenvalue weighted by Crippen LogP contribution is 2.19. The highest BCUT2D eigenvalue weighted by Gasteiger charge is 2.09. The first-order valence-electron chi connectivity index (χ1n) is 8.79. The maximum absolute atomic E-state index is 12.2. The molecule has 2 N–H and O–H groups in total. The van der Waals surface area contributed by atoms with Gasteiger partial charge in [0.2, 0.25) is 11.8 Å². The van der Waals surface area contributed by atoms with Crippen molar-refractivity contribution in [2.24, 2.45) is 0 Å². The molecule has 0 aromatic heterocycles. The average molecular weight is 362 g/mol. The number of ether oxygens (including phenoxy) is 1. The lowest BCUT2D eigenvalue weighted by Crippen LogP contribution is -2.37. The minimum absolute atomic E-state index is 0.0568. The van der Waals surface area contributed by atoms with Gasteiger partial charge in [-0.15, -0.1) is 0 Å². The molecule has 138 valence electrons. The van der Waals surface area contributed by atoms with Crippen molar-refractivity contribution in [3.05, 3.63) is 77.9 Å². The second-order valence-electron chi connectivity index (χ2n) is 6.18. The molecule has 0 radical (unpaired) electrons. The van der Waals surface area contributed by atoms with E-state index in [1.54, 1.807) is 7.11 Å². The maximum atomic E-state index is 12.2. The van der Waals surface area contributed by atoms with Crippen molar-refractivity contribution in [1.82, 2.24) is 10.6 Å². The van der Waals surface area contributed by atoms with E-state index >= 15 is 0 Å². The Bertz CT molecular complexity index is 948. The summed E-state index contributed by atoms with van der Waals surface area (Å²) in [5.41, 5.74) is 1.83. The molecule has 3 aromatic carbocycles. The number of rotatable bonds is 7. The predicted molar refractivity (Wildman–Crippen MR) is 106 cm³/mol. The Morgan fingerprint density at radius 1 is 0.815 bits per heavy atom. The molecule has 5 nitrogen and oxygen atoms in total. The van der Waals surface area contributed by atoms with Gasteiger partial charge in [-0.05, 0) is 22.4 Å². The van der Waals surface area contributed by atoms with Gasteiger partial charge in [0, 0.05) is 12.1 Å². The number of carbonyl (C=O) groups is 2. The molecule has 0 saturated heterocycles. The largest absolute Gasteiger partial charge is 0.496 e. The lowest BCUT2D eigenvalue weighted by Gasteiger charge is -2.10. The Balaban J connectivity index is 1.50. The van der Waals surface area contributed by atoms with E-state index in [0.29, 0.717) is 6.54 Å². The monoisotopic (exact) mass is 362 g/mol. The van der Waals surface area contributed by atoms with Crippen LogP contribution in [0.4, 0.5) is 0 Å². The smallest absolute Gasteiger partial charge is 0.239 e. The third kappa shape index (κ3) is 4.85. The summed E-state index contributed by atoms with van der Waals surface area (Å²) in [6.07, 6.45) is 0.237. The molecule has 27 heavy (non-hydrogen) atoms. The molecule has 0 aliphatic carbocycles. The number of para-hydroxylation sites is 1. The van der Waals surface area contributed by atoms with Gasteiger partial charge in [-0.2, -0.15) is 0 Å². The zero-order valence-electron chi connectivity index (χ0n) is 15.2. The molecule has 0 heterocycles. The van der Waals surface area contributed by atoms with Crippen LogP contribution in [0.25, 0.3) is 10.8 Å². The van der Waals surface area contributed by atoms with E-state index in [4.69, 9.17) is 4.74 Å². The quantitative estimate of drug-likeness (QED) is 0.679. The lowest BCUT2D eigenvalue weighted by atomic mass is 10.0. The van der Waals surface area contributed by atoms with Gasteiger partial charge in [0.15, 0.2) is 0 Å². The molecule has 0 aliphatic rings. The molecule has 0 spiro atoms. The number of methoxy groups -OCH3 is 1. The van der Waals surface area contributed by atoms with Gasteiger partial charge in [0.05, 0.1) is 20.1 Å². The number of hydrogen-bond acceptors (Lipinski definition) is 3. The van der Waals surface area contributed by atoms with Gasteiger partial charge in [-0.25, -0.2) is 0 Å². The summed E-state index contributed by atoms with van der Waals surface area (Å²) >= 11 is 0. The molecule has 0 unspecified atom stereocenters. The van der Waals surface area contributed by atoms with Crippen LogP contribution >= 0.6 is 0 Å². The summed E-state index contributed by atoms with van der Waals surface area (Å²) in [6, 6.07) is 21.3. The molecule has 5 heteroatoms. The van der Waals surface area contributed by atoms with Crippen LogP contribution in [0, 0.1) is 0 Å². The first-order valence-corrected chi connectivity index (χ1v) is 8.79. The van der Waals surface area contributed by atoms with Crippen molar-refractivity contribution >= 4 is 22.6 Å². The summed E-state index contributed by atoms with van der Waals surface area (Å²) in [6.45, 7) is 0.292. The van der Waals surface area contributed by atoms with Crippen molar-refractivity contribution in [3.8, 4) is 5.75 Å². The van der Waals surface area contributed by atoms with Gasteiger partial charge >= 0.3 is 0 Å². The third-order valence-electron chi connectivity index (χ3n) is 4.35. The number of fused-ring (bicyclic) bond motifs is 1. The molecule has 0 atom stereocenters. The summed E-state index contributed by atoms with van der Waals surface area (Å²) in [5, 5.41) is 7.61. The van der Waals surface area contributed by atoms with Crippen LogP contribution in [0.1, 0.15) is 11.1 Å². The minimum atomic E-state index is -0.243. The van der Waals surface area contributed by atoms with Crippen molar-refractivity contribution in [2.45, 2.75) is 13.0 Å². The van der Waals surface area contributed by atoms with Crippen LogP contribution in [0.2, 0.25) is 0 Å². The summed E-state index contributed by atoms with van der Waals surface area (Å²) in [5.74, 6) is 0.295. The van der Waals surface area contributed by atoms with Crippen LogP contribution in [0.15, 0.2) is 66.7 Å². The zero-order chi connectivity index (χ0) is 19.1. The van der Waals surface area contributed by atoms with Crippen LogP contribution in [0.3, 0.4) is 0 Å². The summed E-state index contributed by atoms with van der Waals surface area (Å²) in [7, 11) is 1.59. The van der Waals surface area contributed by atoms with Crippen molar-refractivity contribution < 1.29 is 14.3 Å². The Hall–Kier alpha value is -3.34. The number of hydrogen-bond donors (Lipinski definition) is 2. The minimum Gasteiger partial charge on any atom is -0.496 e. The van der Waals surface area contributed by atoms with E-state index < -0.39 is 0 Å². The van der Waals surface area contributed by atoms with Crippen LogP contribution in [0.5, 0.6) is 5.75 Å². The van der Waals surface area contributed by atoms with Gasteiger partial charge in [0.25, 0.3) is 0 Å². The summed E-state index contributed by atoms with van der Waals surface area (Å²) in [4.78, 5) is 24.2. The van der Waals surface area contributed by atoms with Crippen molar-refractivity contribution in [1.29, 1.82) is 0 Å². The van der Waals surface area contributed by atoms with Crippen molar-refractivity contribution in [3.63, 3.8) is 0 Å². The topological polar surface area (TPSA) is 67.4 Å². The Kier molecular flexibility index (Phi) is 6.05. The van der Waals surface area contributed by atoms with E-state index in [2.05, 4.69) is 10.6 Å². The van der Waals surface area contributed by atoms with E-state index in [9.17, 15) is 9.59 Å².